The molecule has 2 aromatic rings. The van der Waals surface area contributed by atoms with Crippen LogP contribution in [0.2, 0.25) is 0 Å². The summed E-state index contributed by atoms with van der Waals surface area (Å²) in [6.45, 7) is 5.32. The number of rotatable bonds is 7. The predicted molar refractivity (Wildman–Crippen MR) is 108 cm³/mol. The second-order valence-electron chi connectivity index (χ2n) is 6.56. The largest absolute Gasteiger partial charge is 0.465 e. The molecule has 0 aliphatic carbocycles. The molecule has 144 valence electrons. The first-order valence-electron chi connectivity index (χ1n) is 9.45. The molecule has 0 N–H and O–H groups in total. The van der Waals surface area contributed by atoms with Gasteiger partial charge in [0, 0.05) is 23.2 Å². The maximum Gasteiger partial charge on any atom is 0.326 e. The lowest BCUT2D eigenvalue weighted by Gasteiger charge is -2.36. The number of carbonyl (C=O) groups is 2. The van der Waals surface area contributed by atoms with E-state index in [1.165, 1.54) is 15.3 Å². The van der Waals surface area contributed by atoms with Crippen molar-refractivity contribution in [2.24, 2.45) is 0 Å². The lowest BCUT2D eigenvalue weighted by molar-refractivity contribution is -0.142. The van der Waals surface area contributed by atoms with E-state index in [4.69, 9.17) is 4.74 Å². The second-order valence-corrected chi connectivity index (χ2v) is 7.56. The topological polar surface area (TPSA) is 49.9 Å². The smallest absolute Gasteiger partial charge is 0.326 e. The Morgan fingerprint density at radius 3 is 2.70 bits per heavy atom. The second kappa shape index (κ2) is 9.15. The number of hydrogen-bond donors (Lipinski definition) is 0. The summed E-state index contributed by atoms with van der Waals surface area (Å²) in [6, 6.07) is 11.8. The number of esters is 1. The third-order valence-electron chi connectivity index (χ3n) is 4.89. The van der Waals surface area contributed by atoms with Crippen LogP contribution < -0.4 is 4.90 Å². The fraction of sp³-hybridized carbons (Fsp3) is 0.429. The molecule has 1 aromatic carbocycles. The third-order valence-corrected chi connectivity index (χ3v) is 5.89. The zero-order valence-corrected chi connectivity index (χ0v) is 16.7. The molecular formula is C21H26N2O3S. The summed E-state index contributed by atoms with van der Waals surface area (Å²) in [4.78, 5) is 30.4. The quantitative estimate of drug-likeness (QED) is 0.682. The highest BCUT2D eigenvalue weighted by atomic mass is 32.1. The van der Waals surface area contributed by atoms with Crippen molar-refractivity contribution < 1.29 is 14.3 Å². The van der Waals surface area contributed by atoms with Crippen LogP contribution in [0.1, 0.15) is 36.8 Å². The molecule has 6 heteroatoms. The highest BCUT2D eigenvalue weighted by Gasteiger charge is 2.30. The maximum atomic E-state index is 13.1. The average molecular weight is 387 g/mol. The summed E-state index contributed by atoms with van der Waals surface area (Å²) < 4.78 is 5.07. The molecule has 1 aromatic heterocycles. The predicted octanol–water partition coefficient (Wildman–Crippen LogP) is 3.65. The molecule has 0 spiro atoms. The first kappa shape index (κ1) is 19.6. The van der Waals surface area contributed by atoms with Gasteiger partial charge in [0.25, 0.3) is 0 Å². The number of nitrogens with zero attached hydrogens (tertiary/aromatic N) is 2. The number of benzene rings is 1. The van der Waals surface area contributed by atoms with Crippen LogP contribution in [0, 0.1) is 0 Å². The van der Waals surface area contributed by atoms with Gasteiger partial charge in [-0.15, -0.1) is 11.3 Å². The molecule has 0 saturated heterocycles. The van der Waals surface area contributed by atoms with E-state index in [-0.39, 0.29) is 24.5 Å². The minimum atomic E-state index is -0.388. The Morgan fingerprint density at radius 2 is 2.00 bits per heavy atom. The summed E-state index contributed by atoms with van der Waals surface area (Å²) >= 11 is 1.80. The summed E-state index contributed by atoms with van der Waals surface area (Å²) in [5, 5.41) is 2.13. The van der Waals surface area contributed by atoms with Gasteiger partial charge >= 0.3 is 5.97 Å². The number of para-hydroxylation sites is 1. The standard InChI is InChI=1S/C21H26N2O3S/c1-3-18-17-11-13-27-19(17)10-12-22(18)14-20(24)23(15-21(25)26-4-2)16-8-6-5-7-9-16/h5-9,11,13,18H,3-4,10,12,14-15H2,1-2H3. The molecule has 1 aliphatic rings. The number of anilines is 1. The van der Waals surface area contributed by atoms with Crippen LogP contribution in [-0.2, 0) is 20.7 Å². The van der Waals surface area contributed by atoms with Crippen molar-refractivity contribution in [3.05, 3.63) is 52.2 Å². The fourth-order valence-corrected chi connectivity index (χ4v) is 4.57. The van der Waals surface area contributed by atoms with E-state index in [1.807, 2.05) is 30.3 Å². The molecule has 0 radical (unpaired) electrons. The van der Waals surface area contributed by atoms with Crippen LogP contribution in [0.5, 0.6) is 0 Å². The zero-order valence-electron chi connectivity index (χ0n) is 15.9. The molecule has 1 unspecified atom stereocenters. The van der Waals surface area contributed by atoms with Crippen LogP contribution in [-0.4, -0.2) is 43.0 Å². The van der Waals surface area contributed by atoms with Gasteiger partial charge in [0.1, 0.15) is 6.54 Å². The highest BCUT2D eigenvalue weighted by Crippen LogP contribution is 2.35. The summed E-state index contributed by atoms with van der Waals surface area (Å²) in [5.74, 6) is -0.466. The van der Waals surface area contributed by atoms with Crippen molar-refractivity contribution in [3.63, 3.8) is 0 Å². The van der Waals surface area contributed by atoms with E-state index in [0.717, 1.165) is 25.1 Å². The Balaban J connectivity index is 1.77. The molecule has 27 heavy (non-hydrogen) atoms. The molecule has 3 rings (SSSR count). The van der Waals surface area contributed by atoms with Gasteiger partial charge in [0.05, 0.1) is 13.2 Å². The van der Waals surface area contributed by atoms with Crippen molar-refractivity contribution in [2.75, 3.05) is 31.1 Å². The van der Waals surface area contributed by atoms with Gasteiger partial charge in [0.2, 0.25) is 5.91 Å². The van der Waals surface area contributed by atoms with Crippen molar-refractivity contribution in [1.82, 2.24) is 4.90 Å². The Hall–Kier alpha value is -2.18. The van der Waals surface area contributed by atoms with E-state index in [0.29, 0.717) is 13.2 Å². The molecule has 0 saturated carbocycles. The highest BCUT2D eigenvalue weighted by molar-refractivity contribution is 7.10. The molecule has 0 fully saturated rings. The van der Waals surface area contributed by atoms with Gasteiger partial charge in [0.15, 0.2) is 0 Å². The van der Waals surface area contributed by atoms with Crippen molar-refractivity contribution in [1.29, 1.82) is 0 Å². The molecule has 1 atom stereocenters. The number of carbonyl (C=O) groups excluding carboxylic acids is 2. The van der Waals surface area contributed by atoms with E-state index in [1.54, 1.807) is 18.3 Å². The number of ether oxygens (including phenoxy) is 1. The SMILES string of the molecule is CCOC(=O)CN(C(=O)CN1CCc2sccc2C1CC)c1ccccc1. The normalized spacial score (nSPS) is 16.6. The van der Waals surface area contributed by atoms with Crippen LogP contribution in [0.25, 0.3) is 0 Å². The molecular weight excluding hydrogens is 360 g/mol. The summed E-state index contributed by atoms with van der Waals surface area (Å²) in [7, 11) is 0. The first-order chi connectivity index (χ1) is 13.1. The van der Waals surface area contributed by atoms with E-state index in [2.05, 4.69) is 23.3 Å². The van der Waals surface area contributed by atoms with Crippen LogP contribution in [0.4, 0.5) is 5.69 Å². The first-order valence-corrected chi connectivity index (χ1v) is 10.3. The Labute approximate surface area is 164 Å². The average Bonchev–Trinajstić information content (AvgIpc) is 3.15. The molecule has 1 amide bonds. The molecule has 0 bridgehead atoms. The van der Waals surface area contributed by atoms with Gasteiger partial charge in [-0.2, -0.15) is 0 Å². The van der Waals surface area contributed by atoms with Gasteiger partial charge < -0.3 is 9.64 Å². The van der Waals surface area contributed by atoms with Gasteiger partial charge in [-0.05, 0) is 48.9 Å². The molecule has 1 aliphatic heterocycles. The Bertz CT molecular complexity index is 775. The third kappa shape index (κ3) is 4.57. The summed E-state index contributed by atoms with van der Waals surface area (Å²) in [6.07, 6.45) is 1.93. The van der Waals surface area contributed by atoms with Crippen LogP contribution >= 0.6 is 11.3 Å². The number of hydrogen-bond acceptors (Lipinski definition) is 5. The molecule has 5 nitrogen and oxygen atoms in total. The lowest BCUT2D eigenvalue weighted by Crippen LogP contribution is -2.46. The van der Waals surface area contributed by atoms with Gasteiger partial charge in [-0.1, -0.05) is 25.1 Å². The Kier molecular flexibility index (Phi) is 6.63. The van der Waals surface area contributed by atoms with E-state index in [9.17, 15) is 9.59 Å². The van der Waals surface area contributed by atoms with Crippen LogP contribution in [0.15, 0.2) is 41.8 Å². The van der Waals surface area contributed by atoms with Crippen molar-refractivity contribution >= 4 is 28.9 Å². The number of amides is 1. The van der Waals surface area contributed by atoms with Gasteiger partial charge in [-0.3, -0.25) is 14.5 Å². The number of fused-ring (bicyclic) bond motifs is 1. The maximum absolute atomic E-state index is 13.1. The lowest BCUT2D eigenvalue weighted by atomic mass is 9.98. The minimum absolute atomic E-state index is 0.0645. The van der Waals surface area contributed by atoms with Gasteiger partial charge in [-0.25, -0.2) is 0 Å². The van der Waals surface area contributed by atoms with Crippen molar-refractivity contribution in [2.45, 2.75) is 32.7 Å². The molecule has 2 heterocycles. The summed E-state index contributed by atoms with van der Waals surface area (Å²) in [5.41, 5.74) is 2.06. The minimum Gasteiger partial charge on any atom is -0.465 e. The zero-order chi connectivity index (χ0) is 19.2. The number of thiophene rings is 1. The monoisotopic (exact) mass is 386 g/mol. The van der Waals surface area contributed by atoms with E-state index >= 15 is 0 Å². The van der Waals surface area contributed by atoms with E-state index < -0.39 is 0 Å². The Morgan fingerprint density at radius 1 is 1.22 bits per heavy atom. The van der Waals surface area contributed by atoms with Crippen molar-refractivity contribution in [3.8, 4) is 0 Å². The fourth-order valence-electron chi connectivity index (χ4n) is 3.64. The van der Waals surface area contributed by atoms with Crippen LogP contribution in [0.3, 0.4) is 0 Å².